The molecule has 0 unspecified atom stereocenters. The van der Waals surface area contributed by atoms with Gasteiger partial charge in [-0.05, 0) is 27.7 Å². The zero-order valence-corrected chi connectivity index (χ0v) is 15.4. The van der Waals surface area contributed by atoms with Crippen LogP contribution in [0.2, 0.25) is 0 Å². The summed E-state index contributed by atoms with van der Waals surface area (Å²) in [6.07, 6.45) is 0. The van der Waals surface area contributed by atoms with Crippen LogP contribution in [0.15, 0.2) is 0 Å². The molecule has 0 bridgehead atoms. The highest BCUT2D eigenvalue weighted by Gasteiger charge is 2.88. The third-order valence-corrected chi connectivity index (χ3v) is 5.24. The summed E-state index contributed by atoms with van der Waals surface area (Å²) >= 11 is 0. The number of ketones is 5. The van der Waals surface area contributed by atoms with E-state index in [1.165, 1.54) is 0 Å². The second-order valence-corrected chi connectivity index (χ2v) is 6.64. The highest BCUT2D eigenvalue weighted by molar-refractivity contribution is 6.12. The van der Waals surface area contributed by atoms with Crippen molar-refractivity contribution >= 4 is 28.9 Å². The first-order chi connectivity index (χ1) is 12.0. The maximum absolute atomic E-state index is 12.4. The number of hydrogen-bond acceptors (Lipinski definition) is 11. The van der Waals surface area contributed by atoms with Gasteiger partial charge in [-0.3, -0.25) is 24.0 Å². The predicted molar refractivity (Wildman–Crippen MR) is 84.1 cm³/mol. The molecule has 11 heteroatoms. The molecule has 1 rings (SSSR count). The number of aliphatic hydroxyl groups excluding tert-OH is 1. The van der Waals surface area contributed by atoms with Gasteiger partial charge in [0, 0.05) is 6.92 Å². The molecule has 0 aliphatic carbocycles. The van der Waals surface area contributed by atoms with Crippen LogP contribution in [0.25, 0.3) is 0 Å². The lowest BCUT2D eigenvalue weighted by molar-refractivity contribution is -0.409. The Hall–Kier alpha value is -1.89. The fraction of sp³-hybridized carbons (Fsp3) is 0.688. The number of hydrogen-bond donors (Lipinski definition) is 5. The van der Waals surface area contributed by atoms with Crippen molar-refractivity contribution < 1.29 is 54.2 Å². The van der Waals surface area contributed by atoms with Crippen molar-refractivity contribution in [3.05, 3.63) is 0 Å². The molecule has 0 amide bonds. The first-order valence-electron chi connectivity index (χ1n) is 7.74. The molecular formula is C16H22O11. The Kier molecular flexibility index (Phi) is 5.43. The number of carbonyl (C=O) groups is 5. The first-order valence-corrected chi connectivity index (χ1v) is 7.74. The first kappa shape index (κ1) is 23.1. The fourth-order valence-electron chi connectivity index (χ4n) is 3.65. The molecule has 1 aliphatic heterocycles. The Morgan fingerprint density at radius 1 is 0.630 bits per heavy atom. The molecule has 0 aromatic carbocycles. The van der Waals surface area contributed by atoms with Crippen molar-refractivity contribution in [2.75, 3.05) is 6.61 Å². The van der Waals surface area contributed by atoms with E-state index in [4.69, 9.17) is 4.74 Å². The molecule has 0 saturated carbocycles. The summed E-state index contributed by atoms with van der Waals surface area (Å²) in [5.41, 5.74) is -14.8. The molecule has 152 valence electrons. The van der Waals surface area contributed by atoms with Crippen molar-refractivity contribution in [1.82, 2.24) is 0 Å². The summed E-state index contributed by atoms with van der Waals surface area (Å²) in [7, 11) is 0. The summed E-state index contributed by atoms with van der Waals surface area (Å²) in [5, 5.41) is 53.5. The largest absolute Gasteiger partial charge is 0.393 e. The van der Waals surface area contributed by atoms with Crippen LogP contribution in [-0.2, 0) is 28.7 Å². The van der Waals surface area contributed by atoms with Crippen LogP contribution >= 0.6 is 0 Å². The second-order valence-electron chi connectivity index (χ2n) is 6.64. The molecule has 1 aliphatic rings. The molecule has 0 aromatic rings. The average Bonchev–Trinajstić information content (AvgIpc) is 2.54. The van der Waals surface area contributed by atoms with Gasteiger partial charge in [0.25, 0.3) is 5.79 Å². The normalized spacial score (nSPS) is 41.7. The quantitative estimate of drug-likeness (QED) is 0.303. The molecule has 11 nitrogen and oxygen atoms in total. The van der Waals surface area contributed by atoms with E-state index in [1.807, 2.05) is 0 Å². The van der Waals surface area contributed by atoms with Crippen molar-refractivity contribution in [1.29, 1.82) is 0 Å². The SMILES string of the molecule is CC(=O)[C@@]1(O)[C@](O)(C(C)=O)[C@](O)(C(C)=O)O[C@@](CO)(C(C)=O)[C@@]1(O)C(C)=O. The maximum Gasteiger partial charge on any atom is 0.268 e. The van der Waals surface area contributed by atoms with E-state index in [-0.39, 0.29) is 0 Å². The summed E-state index contributed by atoms with van der Waals surface area (Å²) in [6, 6.07) is 0. The highest BCUT2D eigenvalue weighted by Crippen LogP contribution is 2.54. The summed E-state index contributed by atoms with van der Waals surface area (Å²) < 4.78 is 4.89. The molecule has 1 heterocycles. The Morgan fingerprint density at radius 3 is 1.22 bits per heavy atom. The molecule has 27 heavy (non-hydrogen) atoms. The van der Waals surface area contributed by atoms with Gasteiger partial charge in [-0.1, -0.05) is 0 Å². The zero-order valence-electron chi connectivity index (χ0n) is 15.4. The predicted octanol–water partition coefficient (Wildman–Crippen LogP) is -3.43. The summed E-state index contributed by atoms with van der Waals surface area (Å²) in [4.78, 5) is 61.2. The number of Topliss-reactive ketones (excluding diaryl/α,β-unsaturated/α-hetero) is 5. The standard InChI is InChI=1S/C16H22O11/c1-7(18)12(6-17)13(23,8(2)19)14(24,9(3)20)15(25,10(4)21)16(26,27-12)11(5)22/h17,23-26H,6H2,1-5H3/t12-,13-,14-,15+,16-/m0/s1. The van der Waals surface area contributed by atoms with Crippen LogP contribution in [0.5, 0.6) is 0 Å². The fourth-order valence-corrected chi connectivity index (χ4v) is 3.65. The Balaban J connectivity index is 4.36. The van der Waals surface area contributed by atoms with Crippen LogP contribution in [0.4, 0.5) is 0 Å². The molecule has 5 N–H and O–H groups in total. The van der Waals surface area contributed by atoms with E-state index in [1.54, 1.807) is 0 Å². The lowest BCUT2D eigenvalue weighted by atomic mass is 9.53. The van der Waals surface area contributed by atoms with Crippen LogP contribution in [0.3, 0.4) is 0 Å². The van der Waals surface area contributed by atoms with Gasteiger partial charge in [0.2, 0.25) is 16.8 Å². The Bertz CT molecular complexity index is 745. The monoisotopic (exact) mass is 390 g/mol. The lowest BCUT2D eigenvalue weighted by Gasteiger charge is -2.63. The Labute approximate surface area is 153 Å². The average molecular weight is 390 g/mol. The molecule has 1 saturated heterocycles. The van der Waals surface area contributed by atoms with E-state index in [9.17, 15) is 49.5 Å². The van der Waals surface area contributed by atoms with Crippen molar-refractivity contribution in [3.8, 4) is 0 Å². The lowest BCUT2D eigenvalue weighted by Crippen LogP contribution is -2.94. The van der Waals surface area contributed by atoms with Gasteiger partial charge in [-0.2, -0.15) is 0 Å². The Morgan fingerprint density at radius 2 is 1.00 bits per heavy atom. The van der Waals surface area contributed by atoms with E-state index < -0.39 is 63.7 Å². The molecule has 5 atom stereocenters. The van der Waals surface area contributed by atoms with Gasteiger partial charge in [-0.25, -0.2) is 0 Å². The van der Waals surface area contributed by atoms with Crippen LogP contribution < -0.4 is 0 Å². The molecular weight excluding hydrogens is 368 g/mol. The van der Waals surface area contributed by atoms with Gasteiger partial charge in [0.15, 0.2) is 34.5 Å². The van der Waals surface area contributed by atoms with E-state index in [2.05, 4.69) is 0 Å². The van der Waals surface area contributed by atoms with Crippen LogP contribution in [-0.4, -0.2) is 89.2 Å². The molecule has 0 aromatic heterocycles. The van der Waals surface area contributed by atoms with Gasteiger partial charge in [-0.15, -0.1) is 0 Å². The third-order valence-electron chi connectivity index (χ3n) is 5.24. The van der Waals surface area contributed by atoms with Crippen LogP contribution in [0, 0.1) is 0 Å². The van der Waals surface area contributed by atoms with Gasteiger partial charge in [0.05, 0.1) is 6.61 Å². The number of carbonyl (C=O) groups excluding carboxylic acids is 5. The van der Waals surface area contributed by atoms with Crippen molar-refractivity contribution in [3.63, 3.8) is 0 Å². The topological polar surface area (TPSA) is 196 Å². The minimum atomic E-state index is -3.94. The number of ether oxygens (including phenoxy) is 1. The molecule has 1 fully saturated rings. The van der Waals surface area contributed by atoms with Crippen molar-refractivity contribution in [2.24, 2.45) is 0 Å². The number of aliphatic hydroxyl groups is 5. The number of rotatable bonds is 6. The smallest absolute Gasteiger partial charge is 0.268 e. The zero-order chi connectivity index (χ0) is 21.8. The second kappa shape index (κ2) is 6.33. The maximum atomic E-state index is 12.4. The van der Waals surface area contributed by atoms with E-state index in [0.29, 0.717) is 34.6 Å². The third kappa shape index (κ3) is 2.21. The van der Waals surface area contributed by atoms with Crippen LogP contribution in [0.1, 0.15) is 34.6 Å². The minimum Gasteiger partial charge on any atom is -0.393 e. The van der Waals surface area contributed by atoms with Gasteiger partial charge in [0.1, 0.15) is 0 Å². The van der Waals surface area contributed by atoms with Gasteiger partial charge >= 0.3 is 0 Å². The van der Waals surface area contributed by atoms with E-state index >= 15 is 0 Å². The van der Waals surface area contributed by atoms with Crippen molar-refractivity contribution in [2.45, 2.75) is 62.8 Å². The minimum absolute atomic E-state index is 0.538. The molecule has 0 radical (unpaired) electrons. The summed E-state index contributed by atoms with van der Waals surface area (Å²) in [6.45, 7) is 1.33. The van der Waals surface area contributed by atoms with Gasteiger partial charge < -0.3 is 30.3 Å². The molecule has 0 spiro atoms. The summed E-state index contributed by atoms with van der Waals surface area (Å²) in [5.74, 6) is -11.5. The van der Waals surface area contributed by atoms with E-state index in [0.717, 1.165) is 0 Å². The highest BCUT2D eigenvalue weighted by atomic mass is 16.7.